The molecule has 0 fully saturated rings. The lowest BCUT2D eigenvalue weighted by Gasteiger charge is -2.26. The van der Waals surface area contributed by atoms with Gasteiger partial charge in [0.15, 0.2) is 0 Å². The molecule has 0 spiro atoms. The molecule has 3 nitrogen and oxygen atoms in total. The average molecular weight is 266 g/mol. The fraction of sp³-hybridized carbons (Fsp3) is 0.455. The van der Waals surface area contributed by atoms with Crippen LogP contribution in [-0.4, -0.2) is 36.3 Å². The third-order valence-corrected chi connectivity index (χ3v) is 2.68. The van der Waals surface area contributed by atoms with Crippen molar-refractivity contribution in [2.75, 3.05) is 24.6 Å². The van der Waals surface area contributed by atoms with E-state index in [4.69, 9.17) is 16.7 Å². The Hall–Kier alpha value is -0.910. The lowest BCUT2D eigenvalue weighted by atomic mass is 10.1. The first-order chi connectivity index (χ1) is 8.10. The van der Waals surface area contributed by atoms with Gasteiger partial charge < -0.3 is 15.1 Å². The number of hydrogen-bond donors (Lipinski definition) is 2. The summed E-state index contributed by atoms with van der Waals surface area (Å²) >= 11 is 5.87. The van der Waals surface area contributed by atoms with Crippen LogP contribution in [0.15, 0.2) is 18.2 Å². The van der Waals surface area contributed by atoms with E-state index in [-0.39, 0.29) is 19.8 Å². The van der Waals surface area contributed by atoms with Crippen molar-refractivity contribution in [3.05, 3.63) is 28.8 Å². The minimum Gasteiger partial charge on any atom is -0.395 e. The second kappa shape index (κ2) is 6.74. The molecule has 0 atom stereocenters. The van der Waals surface area contributed by atoms with Crippen LogP contribution in [0.5, 0.6) is 0 Å². The van der Waals surface area contributed by atoms with Gasteiger partial charge in [0.2, 0.25) is 0 Å². The molecule has 0 radical (unpaired) electrons. The maximum absolute atomic E-state index is 12.4. The van der Waals surface area contributed by atoms with Gasteiger partial charge in [-0.05, 0) is 12.1 Å². The monoisotopic (exact) mass is 265 g/mol. The number of hydrogen-bond acceptors (Lipinski definition) is 3. The van der Waals surface area contributed by atoms with E-state index in [9.17, 15) is 13.9 Å². The number of benzene rings is 1. The highest BCUT2D eigenvalue weighted by Gasteiger charge is 2.16. The van der Waals surface area contributed by atoms with Crippen LogP contribution in [0.4, 0.5) is 14.5 Å². The molecular weight excluding hydrogens is 252 g/mol. The van der Waals surface area contributed by atoms with Crippen LogP contribution in [-0.2, 0) is 6.61 Å². The third kappa shape index (κ3) is 3.80. The first kappa shape index (κ1) is 14.2. The third-order valence-electron chi connectivity index (χ3n) is 2.32. The molecule has 1 rings (SSSR count). The summed E-state index contributed by atoms with van der Waals surface area (Å²) in [6.45, 7) is -1.02. The largest absolute Gasteiger partial charge is 0.395 e. The minimum absolute atomic E-state index is 0.0671. The van der Waals surface area contributed by atoms with Crippen LogP contribution in [0.1, 0.15) is 5.56 Å². The van der Waals surface area contributed by atoms with Crippen LogP contribution in [0.2, 0.25) is 5.02 Å². The number of halogens is 3. The van der Waals surface area contributed by atoms with E-state index in [1.165, 1.54) is 4.90 Å². The molecule has 0 heterocycles. The van der Waals surface area contributed by atoms with E-state index in [1.807, 2.05) is 0 Å². The molecule has 0 aliphatic heterocycles. The predicted molar refractivity (Wildman–Crippen MR) is 62.7 cm³/mol. The zero-order valence-corrected chi connectivity index (χ0v) is 9.87. The second-order valence-corrected chi connectivity index (χ2v) is 3.86. The summed E-state index contributed by atoms with van der Waals surface area (Å²) in [5, 5.41) is 18.4. The standard InChI is InChI=1S/C11H14ClF2NO2/c12-9-2-1-3-10(8(9)7-17)15(4-5-16)6-11(13)14/h1-3,11,16-17H,4-7H2. The fourth-order valence-electron chi connectivity index (χ4n) is 1.60. The Bertz CT molecular complexity index is 363. The highest BCUT2D eigenvalue weighted by atomic mass is 35.5. The first-order valence-electron chi connectivity index (χ1n) is 5.12. The van der Waals surface area contributed by atoms with Gasteiger partial charge in [-0.15, -0.1) is 0 Å². The van der Waals surface area contributed by atoms with Gasteiger partial charge in [0.25, 0.3) is 6.43 Å². The van der Waals surface area contributed by atoms with Gasteiger partial charge in [-0.3, -0.25) is 0 Å². The Morgan fingerprint density at radius 3 is 2.53 bits per heavy atom. The number of rotatable bonds is 6. The van der Waals surface area contributed by atoms with Gasteiger partial charge in [-0.1, -0.05) is 17.7 Å². The number of alkyl halides is 2. The number of anilines is 1. The molecule has 0 saturated heterocycles. The van der Waals surface area contributed by atoms with E-state index < -0.39 is 13.0 Å². The van der Waals surface area contributed by atoms with E-state index in [2.05, 4.69) is 0 Å². The Kier molecular flexibility index (Phi) is 5.61. The lowest BCUT2D eigenvalue weighted by molar-refractivity contribution is 0.152. The van der Waals surface area contributed by atoms with Crippen molar-refractivity contribution in [3.63, 3.8) is 0 Å². The molecule has 0 aromatic heterocycles. The van der Waals surface area contributed by atoms with Crippen LogP contribution in [0, 0.1) is 0 Å². The maximum atomic E-state index is 12.4. The molecular formula is C11H14ClF2NO2. The van der Waals surface area contributed by atoms with Gasteiger partial charge in [-0.2, -0.15) is 0 Å². The average Bonchev–Trinajstić information content (AvgIpc) is 2.27. The summed E-state index contributed by atoms with van der Waals surface area (Å²) in [5.41, 5.74) is 0.817. The number of aliphatic hydroxyl groups excluding tert-OH is 2. The Morgan fingerprint density at radius 2 is 2.00 bits per heavy atom. The molecule has 17 heavy (non-hydrogen) atoms. The van der Waals surface area contributed by atoms with Gasteiger partial charge >= 0.3 is 0 Å². The predicted octanol–water partition coefficient (Wildman–Crippen LogP) is 1.90. The van der Waals surface area contributed by atoms with Crippen molar-refractivity contribution in [1.29, 1.82) is 0 Å². The summed E-state index contributed by atoms with van der Waals surface area (Å²) < 4.78 is 24.8. The molecule has 0 unspecified atom stereocenters. The summed E-state index contributed by atoms with van der Waals surface area (Å²) in [4.78, 5) is 1.31. The molecule has 6 heteroatoms. The van der Waals surface area contributed by atoms with Crippen molar-refractivity contribution in [2.24, 2.45) is 0 Å². The minimum atomic E-state index is -2.52. The van der Waals surface area contributed by atoms with Gasteiger partial charge in [0.05, 0.1) is 19.8 Å². The van der Waals surface area contributed by atoms with Crippen molar-refractivity contribution < 1.29 is 19.0 Å². The summed E-state index contributed by atoms with van der Waals surface area (Å²) in [6.07, 6.45) is -2.52. The molecule has 2 N–H and O–H groups in total. The second-order valence-electron chi connectivity index (χ2n) is 3.46. The molecule has 0 aliphatic carbocycles. The van der Waals surface area contributed by atoms with Gasteiger partial charge in [0.1, 0.15) is 0 Å². The van der Waals surface area contributed by atoms with Crippen molar-refractivity contribution in [2.45, 2.75) is 13.0 Å². The van der Waals surface area contributed by atoms with Crippen LogP contribution < -0.4 is 4.90 Å². The first-order valence-corrected chi connectivity index (χ1v) is 5.50. The van der Waals surface area contributed by atoms with Crippen LogP contribution >= 0.6 is 11.6 Å². The topological polar surface area (TPSA) is 43.7 Å². The number of nitrogens with zero attached hydrogens (tertiary/aromatic N) is 1. The normalized spacial score (nSPS) is 10.9. The molecule has 1 aromatic carbocycles. The SMILES string of the molecule is OCCN(CC(F)F)c1cccc(Cl)c1CO. The van der Waals surface area contributed by atoms with Crippen molar-refractivity contribution in [1.82, 2.24) is 0 Å². The zero-order valence-electron chi connectivity index (χ0n) is 9.11. The lowest BCUT2D eigenvalue weighted by Crippen LogP contribution is -2.32. The fourth-order valence-corrected chi connectivity index (χ4v) is 1.83. The number of aliphatic hydroxyl groups is 2. The Morgan fingerprint density at radius 1 is 1.29 bits per heavy atom. The molecule has 0 amide bonds. The van der Waals surface area contributed by atoms with Gasteiger partial charge in [0, 0.05) is 22.8 Å². The van der Waals surface area contributed by atoms with Crippen molar-refractivity contribution in [3.8, 4) is 0 Å². The van der Waals surface area contributed by atoms with E-state index in [0.29, 0.717) is 16.3 Å². The van der Waals surface area contributed by atoms with Crippen LogP contribution in [0.25, 0.3) is 0 Å². The van der Waals surface area contributed by atoms with Crippen LogP contribution in [0.3, 0.4) is 0 Å². The summed E-state index contributed by atoms with van der Waals surface area (Å²) in [5.74, 6) is 0. The molecule has 0 bridgehead atoms. The molecule has 1 aromatic rings. The molecule has 0 saturated carbocycles. The molecule has 96 valence electrons. The Labute approximate surface area is 103 Å². The highest BCUT2D eigenvalue weighted by molar-refractivity contribution is 6.31. The van der Waals surface area contributed by atoms with E-state index in [1.54, 1.807) is 18.2 Å². The quantitative estimate of drug-likeness (QED) is 0.826. The summed E-state index contributed by atoms with van der Waals surface area (Å²) in [6, 6.07) is 4.79. The summed E-state index contributed by atoms with van der Waals surface area (Å²) in [7, 11) is 0. The maximum Gasteiger partial charge on any atom is 0.255 e. The zero-order chi connectivity index (χ0) is 12.8. The van der Waals surface area contributed by atoms with Crippen molar-refractivity contribution >= 4 is 17.3 Å². The Balaban J connectivity index is 3.04. The van der Waals surface area contributed by atoms with E-state index >= 15 is 0 Å². The van der Waals surface area contributed by atoms with Gasteiger partial charge in [-0.25, -0.2) is 8.78 Å². The molecule has 0 aliphatic rings. The highest BCUT2D eigenvalue weighted by Crippen LogP contribution is 2.27. The smallest absolute Gasteiger partial charge is 0.255 e. The van der Waals surface area contributed by atoms with E-state index in [0.717, 1.165) is 0 Å².